The number of rotatable bonds is 3. The molecule has 4 heteroatoms. The van der Waals surface area contributed by atoms with Gasteiger partial charge in [-0.05, 0) is 57.0 Å². The Morgan fingerprint density at radius 2 is 2.18 bits per heavy atom. The first-order valence-corrected chi connectivity index (χ1v) is 7.90. The number of nitriles is 1. The van der Waals surface area contributed by atoms with Crippen LogP contribution in [-0.4, -0.2) is 27.8 Å². The van der Waals surface area contributed by atoms with Crippen LogP contribution in [0.4, 0.5) is 0 Å². The maximum atomic E-state index is 9.11. The zero-order chi connectivity index (χ0) is 15.5. The van der Waals surface area contributed by atoms with Crippen LogP contribution in [0, 0.1) is 31.1 Å². The maximum Gasteiger partial charge on any atom is 0.0669 e. The average Bonchev–Trinajstić information content (AvgIpc) is 2.86. The Labute approximate surface area is 132 Å². The Balaban J connectivity index is 1.77. The quantitative estimate of drug-likeness (QED) is 0.873. The monoisotopic (exact) mass is 294 g/mol. The molecule has 2 aromatic rings. The summed E-state index contributed by atoms with van der Waals surface area (Å²) in [7, 11) is 0. The minimum Gasteiger partial charge on any atom is -0.298 e. The van der Waals surface area contributed by atoms with Crippen LogP contribution in [0.3, 0.4) is 0 Å². The van der Waals surface area contributed by atoms with Crippen molar-refractivity contribution in [2.45, 2.75) is 33.2 Å². The lowest BCUT2D eigenvalue weighted by molar-refractivity contribution is 0.192. The fourth-order valence-electron chi connectivity index (χ4n) is 3.24. The molecule has 1 saturated heterocycles. The molecule has 1 aliphatic heterocycles. The highest BCUT2D eigenvalue weighted by Crippen LogP contribution is 2.19. The zero-order valence-electron chi connectivity index (χ0n) is 13.3. The minimum absolute atomic E-state index is 0.188. The van der Waals surface area contributed by atoms with E-state index in [1.54, 1.807) is 0 Å². The summed E-state index contributed by atoms with van der Waals surface area (Å²) in [6, 6.07) is 13.0. The number of benzene rings is 1. The van der Waals surface area contributed by atoms with Gasteiger partial charge in [-0.1, -0.05) is 12.1 Å². The second kappa shape index (κ2) is 6.33. The molecule has 0 N–H and O–H groups in total. The first kappa shape index (κ1) is 14.8. The van der Waals surface area contributed by atoms with Gasteiger partial charge < -0.3 is 0 Å². The standard InChI is InChI=1S/C18H22N4/c1-14-9-15(2)22(20-14)18-7-3-5-16(10-18)12-21-8-4-6-17(11-19)13-21/h3,5,7,9-10,17H,4,6,8,12-13H2,1-2H3/t17-/m0/s1. The second-order valence-corrected chi connectivity index (χ2v) is 6.21. The number of aromatic nitrogens is 2. The van der Waals surface area contributed by atoms with Gasteiger partial charge in [0.25, 0.3) is 0 Å². The third-order valence-corrected chi connectivity index (χ3v) is 4.26. The molecule has 0 amide bonds. The lowest BCUT2D eigenvalue weighted by Crippen LogP contribution is -2.34. The summed E-state index contributed by atoms with van der Waals surface area (Å²) in [5.41, 5.74) is 4.58. The van der Waals surface area contributed by atoms with E-state index in [1.165, 1.54) is 5.56 Å². The molecule has 0 bridgehead atoms. The summed E-state index contributed by atoms with van der Waals surface area (Å²) in [6.07, 6.45) is 2.16. The van der Waals surface area contributed by atoms with Gasteiger partial charge in [-0.15, -0.1) is 0 Å². The first-order valence-electron chi connectivity index (χ1n) is 7.90. The average molecular weight is 294 g/mol. The molecular formula is C18H22N4. The number of likely N-dealkylation sites (tertiary alicyclic amines) is 1. The Morgan fingerprint density at radius 1 is 1.32 bits per heavy atom. The number of piperidine rings is 1. The largest absolute Gasteiger partial charge is 0.298 e. The highest BCUT2D eigenvalue weighted by Gasteiger charge is 2.19. The molecule has 114 valence electrons. The third kappa shape index (κ3) is 3.20. The Kier molecular flexibility index (Phi) is 4.26. The number of aryl methyl sites for hydroxylation is 2. The number of hydrogen-bond donors (Lipinski definition) is 0. The minimum atomic E-state index is 0.188. The maximum absolute atomic E-state index is 9.11. The van der Waals surface area contributed by atoms with E-state index in [0.717, 1.165) is 49.6 Å². The molecule has 22 heavy (non-hydrogen) atoms. The molecule has 1 fully saturated rings. The van der Waals surface area contributed by atoms with Gasteiger partial charge in [0.2, 0.25) is 0 Å². The van der Waals surface area contributed by atoms with Crippen molar-refractivity contribution in [3.05, 3.63) is 47.3 Å². The van der Waals surface area contributed by atoms with Crippen molar-refractivity contribution in [1.82, 2.24) is 14.7 Å². The summed E-state index contributed by atoms with van der Waals surface area (Å²) in [5.74, 6) is 0.188. The molecule has 0 saturated carbocycles. The van der Waals surface area contributed by atoms with E-state index in [2.05, 4.69) is 53.3 Å². The van der Waals surface area contributed by atoms with Gasteiger partial charge in [-0.3, -0.25) is 4.90 Å². The number of hydrogen-bond acceptors (Lipinski definition) is 3. The van der Waals surface area contributed by atoms with Gasteiger partial charge in [0.1, 0.15) is 0 Å². The zero-order valence-corrected chi connectivity index (χ0v) is 13.3. The van der Waals surface area contributed by atoms with Crippen molar-refractivity contribution in [2.75, 3.05) is 13.1 Å². The van der Waals surface area contributed by atoms with Gasteiger partial charge in [0, 0.05) is 18.8 Å². The molecule has 2 heterocycles. The second-order valence-electron chi connectivity index (χ2n) is 6.21. The Morgan fingerprint density at radius 3 is 2.91 bits per heavy atom. The summed E-state index contributed by atoms with van der Waals surface area (Å²) in [4.78, 5) is 2.39. The van der Waals surface area contributed by atoms with Crippen LogP contribution in [0.25, 0.3) is 5.69 Å². The van der Waals surface area contributed by atoms with Crippen molar-refractivity contribution in [3.8, 4) is 11.8 Å². The summed E-state index contributed by atoms with van der Waals surface area (Å²) in [6.45, 7) is 6.98. The van der Waals surface area contributed by atoms with Crippen LogP contribution >= 0.6 is 0 Å². The molecule has 1 aliphatic rings. The van der Waals surface area contributed by atoms with Gasteiger partial charge >= 0.3 is 0 Å². The van der Waals surface area contributed by atoms with Crippen LogP contribution in [0.2, 0.25) is 0 Å². The molecule has 1 atom stereocenters. The van der Waals surface area contributed by atoms with E-state index in [-0.39, 0.29) is 5.92 Å². The van der Waals surface area contributed by atoms with Crippen LogP contribution in [0.1, 0.15) is 29.8 Å². The van der Waals surface area contributed by atoms with Gasteiger partial charge in [-0.25, -0.2) is 4.68 Å². The molecule has 0 radical (unpaired) electrons. The SMILES string of the molecule is Cc1cc(C)n(-c2cccc(CN3CCC[C@@H](C#N)C3)c2)n1. The van der Waals surface area contributed by atoms with Crippen molar-refractivity contribution in [3.63, 3.8) is 0 Å². The molecule has 0 aliphatic carbocycles. The molecule has 1 aromatic carbocycles. The lowest BCUT2D eigenvalue weighted by Gasteiger charge is -2.29. The molecular weight excluding hydrogens is 272 g/mol. The summed E-state index contributed by atoms with van der Waals surface area (Å²) in [5, 5.41) is 13.7. The van der Waals surface area contributed by atoms with E-state index < -0.39 is 0 Å². The van der Waals surface area contributed by atoms with Crippen LogP contribution < -0.4 is 0 Å². The predicted octanol–water partition coefficient (Wildman–Crippen LogP) is 3.22. The summed E-state index contributed by atoms with van der Waals surface area (Å²) < 4.78 is 1.99. The van der Waals surface area contributed by atoms with Crippen molar-refractivity contribution >= 4 is 0 Å². The van der Waals surface area contributed by atoms with E-state index in [1.807, 2.05) is 11.6 Å². The lowest BCUT2D eigenvalue weighted by atomic mass is 9.99. The highest BCUT2D eigenvalue weighted by atomic mass is 15.3. The smallest absolute Gasteiger partial charge is 0.0669 e. The van der Waals surface area contributed by atoms with Gasteiger partial charge in [-0.2, -0.15) is 10.4 Å². The van der Waals surface area contributed by atoms with Crippen molar-refractivity contribution in [2.24, 2.45) is 5.92 Å². The topological polar surface area (TPSA) is 44.9 Å². The van der Waals surface area contributed by atoms with Gasteiger partial charge in [0.05, 0.1) is 23.4 Å². The van der Waals surface area contributed by atoms with Crippen molar-refractivity contribution in [1.29, 1.82) is 5.26 Å². The molecule has 0 unspecified atom stereocenters. The first-order chi connectivity index (χ1) is 10.7. The Hall–Kier alpha value is -2.12. The summed E-state index contributed by atoms with van der Waals surface area (Å²) >= 11 is 0. The van der Waals surface area contributed by atoms with Crippen molar-refractivity contribution < 1.29 is 0 Å². The number of nitrogens with zero attached hydrogens (tertiary/aromatic N) is 4. The van der Waals surface area contributed by atoms with E-state index in [9.17, 15) is 0 Å². The third-order valence-electron chi connectivity index (χ3n) is 4.26. The highest BCUT2D eigenvalue weighted by molar-refractivity contribution is 5.37. The molecule has 3 rings (SSSR count). The molecule has 1 aromatic heterocycles. The normalized spacial score (nSPS) is 19.0. The predicted molar refractivity (Wildman–Crippen MR) is 86.7 cm³/mol. The van der Waals surface area contributed by atoms with E-state index in [4.69, 9.17) is 5.26 Å². The fourth-order valence-corrected chi connectivity index (χ4v) is 3.24. The molecule has 4 nitrogen and oxygen atoms in total. The Bertz CT molecular complexity index is 695. The van der Waals surface area contributed by atoms with E-state index in [0.29, 0.717) is 0 Å². The van der Waals surface area contributed by atoms with Crippen LogP contribution in [0.15, 0.2) is 30.3 Å². The van der Waals surface area contributed by atoms with Gasteiger partial charge in [0.15, 0.2) is 0 Å². The van der Waals surface area contributed by atoms with Crippen LogP contribution in [0.5, 0.6) is 0 Å². The fraction of sp³-hybridized carbons (Fsp3) is 0.444. The van der Waals surface area contributed by atoms with E-state index >= 15 is 0 Å². The molecule has 0 spiro atoms. The van der Waals surface area contributed by atoms with Crippen LogP contribution in [-0.2, 0) is 6.54 Å².